The van der Waals surface area contributed by atoms with Gasteiger partial charge in [-0.25, -0.2) is 9.48 Å². The molecule has 0 unspecified atom stereocenters. The van der Waals surface area contributed by atoms with Crippen molar-refractivity contribution in [3.63, 3.8) is 0 Å². The molecular formula is C12H12N2O3. The third-order valence-corrected chi connectivity index (χ3v) is 2.53. The van der Waals surface area contributed by atoms with E-state index < -0.39 is 5.97 Å². The van der Waals surface area contributed by atoms with E-state index in [-0.39, 0.29) is 12.2 Å². The van der Waals surface area contributed by atoms with E-state index in [9.17, 15) is 4.79 Å². The predicted octanol–water partition coefficient (Wildman–Crippen LogP) is 1.37. The summed E-state index contributed by atoms with van der Waals surface area (Å²) in [5.74, 6) is -0.974. The van der Waals surface area contributed by atoms with Crippen LogP contribution in [0.4, 0.5) is 0 Å². The van der Waals surface area contributed by atoms with Crippen molar-refractivity contribution in [2.24, 2.45) is 0 Å². The second kappa shape index (κ2) is 4.39. The van der Waals surface area contributed by atoms with Crippen LogP contribution in [0.3, 0.4) is 0 Å². The number of nitrogens with zero attached hydrogens (tertiary/aromatic N) is 2. The molecular weight excluding hydrogens is 220 g/mol. The van der Waals surface area contributed by atoms with Gasteiger partial charge in [0, 0.05) is 11.8 Å². The third-order valence-electron chi connectivity index (χ3n) is 2.53. The molecule has 17 heavy (non-hydrogen) atoms. The van der Waals surface area contributed by atoms with Gasteiger partial charge in [-0.05, 0) is 25.1 Å². The fourth-order valence-electron chi connectivity index (χ4n) is 1.56. The molecule has 0 saturated heterocycles. The van der Waals surface area contributed by atoms with Crippen LogP contribution in [-0.2, 0) is 6.61 Å². The van der Waals surface area contributed by atoms with Crippen molar-refractivity contribution >= 4 is 5.97 Å². The van der Waals surface area contributed by atoms with Gasteiger partial charge in [-0.3, -0.25) is 0 Å². The lowest BCUT2D eigenvalue weighted by atomic mass is 10.2. The first-order valence-corrected chi connectivity index (χ1v) is 5.11. The van der Waals surface area contributed by atoms with Crippen LogP contribution in [0.15, 0.2) is 30.5 Å². The molecule has 2 aromatic rings. The average Bonchev–Trinajstić information content (AvgIpc) is 2.71. The van der Waals surface area contributed by atoms with Crippen LogP contribution in [-0.4, -0.2) is 26.0 Å². The van der Waals surface area contributed by atoms with E-state index in [1.165, 1.54) is 12.1 Å². The molecule has 1 heterocycles. The first kappa shape index (κ1) is 11.3. The summed E-state index contributed by atoms with van der Waals surface area (Å²) in [5, 5.41) is 22.2. The molecule has 0 amide bonds. The lowest BCUT2D eigenvalue weighted by molar-refractivity contribution is 0.0697. The van der Waals surface area contributed by atoms with E-state index in [0.717, 1.165) is 11.3 Å². The molecule has 2 N–H and O–H groups in total. The van der Waals surface area contributed by atoms with Crippen LogP contribution < -0.4 is 0 Å². The quantitative estimate of drug-likeness (QED) is 0.838. The van der Waals surface area contributed by atoms with Crippen LogP contribution in [0.5, 0.6) is 0 Å². The maximum absolute atomic E-state index is 10.8. The Morgan fingerprint density at radius 1 is 1.47 bits per heavy atom. The Balaban J connectivity index is 2.45. The van der Waals surface area contributed by atoms with E-state index in [2.05, 4.69) is 5.10 Å². The topological polar surface area (TPSA) is 75.4 Å². The predicted molar refractivity (Wildman–Crippen MR) is 61.2 cm³/mol. The van der Waals surface area contributed by atoms with Crippen LogP contribution >= 0.6 is 0 Å². The normalized spacial score (nSPS) is 10.5. The molecule has 0 bridgehead atoms. The Morgan fingerprint density at radius 3 is 2.82 bits per heavy atom. The number of carboxylic acid groups (broad SMARTS) is 1. The molecule has 0 aliphatic carbocycles. The monoisotopic (exact) mass is 232 g/mol. The van der Waals surface area contributed by atoms with E-state index in [1.807, 2.05) is 0 Å². The standard InChI is InChI=1S/C12H12N2O3/c1-8-10(7-15)6-14(13-8)11-4-2-3-9(5-11)12(16)17/h2-6,15H,7H2,1H3,(H,16,17). The Labute approximate surface area is 97.9 Å². The number of benzene rings is 1. The smallest absolute Gasteiger partial charge is 0.335 e. The molecule has 0 aliphatic rings. The average molecular weight is 232 g/mol. The lowest BCUT2D eigenvalue weighted by Crippen LogP contribution is -2.00. The number of carboxylic acids is 1. The fourth-order valence-corrected chi connectivity index (χ4v) is 1.56. The van der Waals surface area contributed by atoms with Gasteiger partial charge < -0.3 is 10.2 Å². The van der Waals surface area contributed by atoms with E-state index in [0.29, 0.717) is 5.69 Å². The van der Waals surface area contributed by atoms with Crippen molar-refractivity contribution < 1.29 is 15.0 Å². The Hall–Kier alpha value is -2.14. The molecule has 1 aromatic heterocycles. The Morgan fingerprint density at radius 2 is 2.24 bits per heavy atom. The van der Waals surface area contributed by atoms with Crippen LogP contribution in [0.2, 0.25) is 0 Å². The van der Waals surface area contributed by atoms with Crippen molar-refractivity contribution in [1.29, 1.82) is 0 Å². The third kappa shape index (κ3) is 2.19. The summed E-state index contributed by atoms with van der Waals surface area (Å²) in [6.07, 6.45) is 1.69. The molecule has 0 aliphatic heterocycles. The number of aliphatic hydroxyl groups is 1. The number of aliphatic hydroxyl groups excluding tert-OH is 1. The highest BCUT2D eigenvalue weighted by Gasteiger charge is 2.07. The van der Waals surface area contributed by atoms with Gasteiger partial charge in [0.2, 0.25) is 0 Å². The summed E-state index contributed by atoms with van der Waals surface area (Å²) in [5.41, 5.74) is 2.33. The summed E-state index contributed by atoms with van der Waals surface area (Å²) in [6.45, 7) is 1.72. The van der Waals surface area contributed by atoms with Crippen molar-refractivity contribution in [3.05, 3.63) is 47.3 Å². The van der Waals surface area contributed by atoms with E-state index in [1.54, 1.807) is 29.9 Å². The van der Waals surface area contributed by atoms with Crippen LogP contribution in [0.1, 0.15) is 21.6 Å². The minimum absolute atomic E-state index is 0.0789. The van der Waals surface area contributed by atoms with E-state index >= 15 is 0 Å². The molecule has 0 radical (unpaired) electrons. The van der Waals surface area contributed by atoms with Gasteiger partial charge in [0.15, 0.2) is 0 Å². The molecule has 5 heteroatoms. The maximum atomic E-state index is 10.8. The van der Waals surface area contributed by atoms with Gasteiger partial charge in [0.1, 0.15) is 0 Å². The summed E-state index contributed by atoms with van der Waals surface area (Å²) in [7, 11) is 0. The van der Waals surface area contributed by atoms with Gasteiger partial charge in [-0.15, -0.1) is 0 Å². The zero-order valence-electron chi connectivity index (χ0n) is 9.29. The highest BCUT2D eigenvalue weighted by molar-refractivity contribution is 5.88. The Bertz CT molecular complexity index is 561. The van der Waals surface area contributed by atoms with Gasteiger partial charge in [0.25, 0.3) is 0 Å². The van der Waals surface area contributed by atoms with Crippen LogP contribution in [0, 0.1) is 6.92 Å². The summed E-state index contributed by atoms with van der Waals surface area (Å²) in [6, 6.07) is 6.49. The molecule has 5 nitrogen and oxygen atoms in total. The van der Waals surface area contributed by atoms with Crippen molar-refractivity contribution in [3.8, 4) is 5.69 Å². The molecule has 0 saturated carbocycles. The van der Waals surface area contributed by atoms with Gasteiger partial charge in [-0.2, -0.15) is 5.10 Å². The van der Waals surface area contributed by atoms with Crippen molar-refractivity contribution in [1.82, 2.24) is 9.78 Å². The number of hydrogen-bond acceptors (Lipinski definition) is 3. The van der Waals surface area contributed by atoms with Gasteiger partial charge in [-0.1, -0.05) is 6.07 Å². The van der Waals surface area contributed by atoms with Gasteiger partial charge >= 0.3 is 5.97 Å². The molecule has 0 atom stereocenters. The first-order chi connectivity index (χ1) is 8.11. The number of hydrogen-bond donors (Lipinski definition) is 2. The zero-order valence-corrected chi connectivity index (χ0v) is 9.29. The second-order valence-electron chi connectivity index (χ2n) is 3.70. The summed E-state index contributed by atoms with van der Waals surface area (Å²) < 4.78 is 1.56. The number of carbonyl (C=O) groups is 1. The minimum atomic E-state index is -0.974. The number of aromatic carboxylic acids is 1. The highest BCUT2D eigenvalue weighted by Crippen LogP contribution is 2.13. The summed E-state index contributed by atoms with van der Waals surface area (Å²) >= 11 is 0. The number of rotatable bonds is 3. The first-order valence-electron chi connectivity index (χ1n) is 5.11. The summed E-state index contributed by atoms with van der Waals surface area (Å²) in [4.78, 5) is 10.8. The molecule has 0 fully saturated rings. The highest BCUT2D eigenvalue weighted by atomic mass is 16.4. The second-order valence-corrected chi connectivity index (χ2v) is 3.70. The largest absolute Gasteiger partial charge is 0.478 e. The Kier molecular flexibility index (Phi) is 2.93. The van der Waals surface area contributed by atoms with E-state index in [4.69, 9.17) is 10.2 Å². The fraction of sp³-hybridized carbons (Fsp3) is 0.167. The molecule has 0 spiro atoms. The maximum Gasteiger partial charge on any atom is 0.335 e. The SMILES string of the molecule is Cc1nn(-c2cccc(C(=O)O)c2)cc1CO. The molecule has 1 aromatic carbocycles. The molecule has 88 valence electrons. The van der Waals surface area contributed by atoms with Crippen molar-refractivity contribution in [2.75, 3.05) is 0 Å². The number of aromatic nitrogens is 2. The lowest BCUT2D eigenvalue weighted by Gasteiger charge is -2.02. The van der Waals surface area contributed by atoms with Gasteiger partial charge in [0.05, 0.1) is 23.6 Å². The van der Waals surface area contributed by atoms with Crippen LogP contribution in [0.25, 0.3) is 5.69 Å². The minimum Gasteiger partial charge on any atom is -0.478 e. The molecule has 2 rings (SSSR count). The van der Waals surface area contributed by atoms with Crippen molar-refractivity contribution in [2.45, 2.75) is 13.5 Å². The zero-order chi connectivity index (χ0) is 12.4. The number of aryl methyl sites for hydroxylation is 1.